The van der Waals surface area contributed by atoms with Gasteiger partial charge in [0.25, 0.3) is 5.91 Å². The van der Waals surface area contributed by atoms with Crippen LogP contribution in [0.4, 0.5) is 30.5 Å². The molecule has 0 aliphatic heterocycles. The van der Waals surface area contributed by atoms with Gasteiger partial charge < -0.3 is 29.4 Å². The summed E-state index contributed by atoms with van der Waals surface area (Å²) in [5, 5.41) is 5.99. The Hall–Kier alpha value is -4.74. The fourth-order valence-electron chi connectivity index (χ4n) is 6.18. The quantitative estimate of drug-likeness (QED) is 0.183. The monoisotopic (exact) mass is 624 g/mol. The number of imidazole rings is 1. The number of carbonyl (C=O) groups is 2. The van der Waals surface area contributed by atoms with E-state index in [9.17, 15) is 22.8 Å². The number of aromatic nitrogens is 2. The van der Waals surface area contributed by atoms with Crippen LogP contribution in [0, 0.1) is 11.3 Å². The van der Waals surface area contributed by atoms with E-state index in [0.717, 1.165) is 24.8 Å². The minimum Gasteiger partial charge on any atom is -0.484 e. The maximum absolute atomic E-state index is 12.6. The fourth-order valence-corrected chi connectivity index (χ4v) is 6.18. The van der Waals surface area contributed by atoms with Crippen molar-refractivity contribution in [3.8, 4) is 11.5 Å². The molecule has 9 nitrogen and oxygen atoms in total. The van der Waals surface area contributed by atoms with Gasteiger partial charge in [0.1, 0.15) is 11.5 Å². The van der Waals surface area contributed by atoms with Crippen LogP contribution in [0.1, 0.15) is 56.4 Å². The van der Waals surface area contributed by atoms with Crippen molar-refractivity contribution in [2.75, 3.05) is 24.4 Å². The Kier molecular flexibility index (Phi) is 8.94. The zero-order valence-electron chi connectivity index (χ0n) is 25.4. The highest BCUT2D eigenvalue weighted by molar-refractivity contribution is 5.95. The number of hydrogen-bond acceptors (Lipinski definition) is 7. The van der Waals surface area contributed by atoms with E-state index >= 15 is 0 Å². The topological polar surface area (TPSA) is 104 Å². The molecule has 238 valence electrons. The van der Waals surface area contributed by atoms with E-state index in [2.05, 4.69) is 40.7 Å². The molecule has 12 heteroatoms. The summed E-state index contributed by atoms with van der Waals surface area (Å²) in [6, 6.07) is 17.4. The van der Waals surface area contributed by atoms with Gasteiger partial charge in [0, 0.05) is 23.5 Å². The number of nitrogens with zero attached hydrogens (tertiary/aromatic N) is 2. The Labute approximate surface area is 258 Å². The lowest BCUT2D eigenvalue weighted by Crippen LogP contribution is -2.29. The second kappa shape index (κ2) is 12.7. The van der Waals surface area contributed by atoms with Crippen molar-refractivity contribution in [3.63, 3.8) is 0 Å². The Morgan fingerprint density at radius 3 is 2.42 bits per heavy atom. The number of alkyl halides is 3. The average Bonchev–Trinajstić information content (AvgIpc) is 3.32. The van der Waals surface area contributed by atoms with E-state index in [4.69, 9.17) is 14.5 Å². The number of halogens is 3. The third-order valence-electron chi connectivity index (χ3n) is 7.67. The normalized spacial score (nSPS) is 17.8. The second-order valence-electron chi connectivity index (χ2n) is 12.1. The van der Waals surface area contributed by atoms with Gasteiger partial charge in [0.05, 0.1) is 23.7 Å². The molecule has 1 aliphatic rings. The molecule has 1 saturated carbocycles. The molecule has 1 aromatic heterocycles. The van der Waals surface area contributed by atoms with Crippen molar-refractivity contribution < 1.29 is 37.0 Å². The minimum absolute atomic E-state index is 0.111. The molecule has 45 heavy (non-hydrogen) atoms. The van der Waals surface area contributed by atoms with E-state index in [1.54, 1.807) is 30.3 Å². The zero-order chi connectivity index (χ0) is 32.4. The molecule has 2 unspecified atom stereocenters. The van der Waals surface area contributed by atoms with Crippen molar-refractivity contribution >= 4 is 40.2 Å². The standard InChI is InChI=1S/C33H35F3N4O5/c1-20-14-24(18-32(2,3)17-20)40-28-13-12-26(44-19-29(41)37-23-7-5-6-21(15-23)30(42)43-4)16-27(28)39-31(40)38-22-8-10-25(11-9-22)45-33(34,35)36/h5-13,15-16,20,24H,14,17-19H2,1-4H3,(H,37,41)(H,38,39). The molecular formula is C33H35F3N4O5. The lowest BCUT2D eigenvalue weighted by atomic mass is 9.70. The first kappa shape index (κ1) is 31.7. The molecule has 3 aromatic carbocycles. The van der Waals surface area contributed by atoms with Crippen LogP contribution in [0.15, 0.2) is 66.7 Å². The van der Waals surface area contributed by atoms with Crippen LogP contribution >= 0.6 is 0 Å². The second-order valence-corrected chi connectivity index (χ2v) is 12.1. The first-order chi connectivity index (χ1) is 21.3. The summed E-state index contributed by atoms with van der Waals surface area (Å²) < 4.78 is 54.6. The number of nitrogens with one attached hydrogen (secondary N) is 2. The number of benzene rings is 3. The first-order valence-corrected chi connectivity index (χ1v) is 14.5. The molecule has 1 heterocycles. The molecule has 1 fully saturated rings. The van der Waals surface area contributed by atoms with Crippen molar-refractivity contribution in [2.45, 2.75) is 52.4 Å². The minimum atomic E-state index is -4.77. The summed E-state index contributed by atoms with van der Waals surface area (Å²) in [6.45, 7) is 6.47. The largest absolute Gasteiger partial charge is 0.573 e. The van der Waals surface area contributed by atoms with Crippen LogP contribution in [0.5, 0.6) is 11.5 Å². The number of methoxy groups -OCH3 is 1. The smallest absolute Gasteiger partial charge is 0.484 e. The van der Waals surface area contributed by atoms with Gasteiger partial charge in [-0.2, -0.15) is 0 Å². The molecule has 2 atom stereocenters. The van der Waals surface area contributed by atoms with E-state index in [0.29, 0.717) is 40.1 Å². The van der Waals surface area contributed by atoms with Crippen LogP contribution < -0.4 is 20.1 Å². The van der Waals surface area contributed by atoms with Gasteiger partial charge in [-0.25, -0.2) is 9.78 Å². The van der Waals surface area contributed by atoms with Crippen molar-refractivity contribution in [2.24, 2.45) is 11.3 Å². The number of fused-ring (bicyclic) bond motifs is 1. The Morgan fingerprint density at radius 2 is 1.73 bits per heavy atom. The number of carbonyl (C=O) groups excluding carboxylic acids is 2. The van der Waals surface area contributed by atoms with Gasteiger partial charge >= 0.3 is 12.3 Å². The Morgan fingerprint density at radius 1 is 1.00 bits per heavy atom. The zero-order valence-corrected chi connectivity index (χ0v) is 25.4. The van der Waals surface area contributed by atoms with Gasteiger partial charge in [0.15, 0.2) is 6.61 Å². The Bertz CT molecular complexity index is 1680. The van der Waals surface area contributed by atoms with Gasteiger partial charge in [-0.1, -0.05) is 26.8 Å². The molecule has 5 rings (SSSR count). The van der Waals surface area contributed by atoms with Gasteiger partial charge in [-0.3, -0.25) is 4.79 Å². The van der Waals surface area contributed by atoms with Crippen LogP contribution in [0.2, 0.25) is 0 Å². The van der Waals surface area contributed by atoms with E-state index < -0.39 is 18.2 Å². The highest BCUT2D eigenvalue weighted by atomic mass is 19.4. The summed E-state index contributed by atoms with van der Waals surface area (Å²) in [5.74, 6) is 0.223. The average molecular weight is 625 g/mol. The van der Waals surface area contributed by atoms with Crippen LogP contribution in [0.25, 0.3) is 11.0 Å². The third-order valence-corrected chi connectivity index (χ3v) is 7.67. The summed E-state index contributed by atoms with van der Waals surface area (Å²) in [5.41, 5.74) is 2.89. The number of hydrogen-bond donors (Lipinski definition) is 2. The lowest BCUT2D eigenvalue weighted by molar-refractivity contribution is -0.274. The molecule has 1 amide bonds. The predicted molar refractivity (Wildman–Crippen MR) is 164 cm³/mol. The molecule has 0 spiro atoms. The fraction of sp³-hybridized carbons (Fsp3) is 0.364. The maximum atomic E-state index is 12.6. The molecular weight excluding hydrogens is 589 g/mol. The molecule has 0 bridgehead atoms. The van der Waals surface area contributed by atoms with Crippen molar-refractivity contribution in [3.05, 3.63) is 72.3 Å². The van der Waals surface area contributed by atoms with E-state index in [1.165, 1.54) is 37.4 Å². The Balaban J connectivity index is 1.37. The highest BCUT2D eigenvalue weighted by Gasteiger charge is 2.35. The number of esters is 1. The first-order valence-electron chi connectivity index (χ1n) is 14.5. The van der Waals surface area contributed by atoms with Crippen LogP contribution in [-0.2, 0) is 9.53 Å². The SMILES string of the molecule is COC(=O)c1cccc(NC(=O)COc2ccc3c(c2)nc(Nc2ccc(OC(F)(F)F)cc2)n3C2CC(C)CC(C)(C)C2)c1. The van der Waals surface area contributed by atoms with Crippen LogP contribution in [-0.4, -0.2) is 41.5 Å². The number of amides is 1. The van der Waals surface area contributed by atoms with E-state index in [-0.39, 0.29) is 23.8 Å². The van der Waals surface area contributed by atoms with Gasteiger partial charge in [-0.05, 0) is 85.2 Å². The van der Waals surface area contributed by atoms with Gasteiger partial charge in [0.2, 0.25) is 5.95 Å². The summed E-state index contributed by atoms with van der Waals surface area (Å²) in [4.78, 5) is 29.2. The summed E-state index contributed by atoms with van der Waals surface area (Å²) >= 11 is 0. The van der Waals surface area contributed by atoms with Gasteiger partial charge in [-0.15, -0.1) is 13.2 Å². The molecule has 4 aromatic rings. The lowest BCUT2D eigenvalue weighted by Gasteiger charge is -2.40. The number of anilines is 3. The molecule has 0 radical (unpaired) electrons. The molecule has 0 saturated heterocycles. The molecule has 2 N–H and O–H groups in total. The molecule has 1 aliphatic carbocycles. The van der Waals surface area contributed by atoms with E-state index in [1.807, 2.05) is 6.07 Å². The number of ether oxygens (including phenoxy) is 3. The maximum Gasteiger partial charge on any atom is 0.573 e. The number of rotatable bonds is 9. The summed E-state index contributed by atoms with van der Waals surface area (Å²) in [6.07, 6.45) is -1.81. The highest BCUT2D eigenvalue weighted by Crippen LogP contribution is 2.46. The van der Waals surface area contributed by atoms with Crippen LogP contribution in [0.3, 0.4) is 0 Å². The van der Waals surface area contributed by atoms with Crippen molar-refractivity contribution in [1.82, 2.24) is 9.55 Å². The van der Waals surface area contributed by atoms with Crippen molar-refractivity contribution in [1.29, 1.82) is 0 Å². The third kappa shape index (κ3) is 8.05. The summed E-state index contributed by atoms with van der Waals surface area (Å²) in [7, 11) is 1.28. The predicted octanol–water partition coefficient (Wildman–Crippen LogP) is 7.87.